The maximum absolute atomic E-state index is 13.2. The van der Waals surface area contributed by atoms with E-state index in [1.807, 2.05) is 17.9 Å². The Hall–Kier alpha value is -3.41. The first-order chi connectivity index (χ1) is 14.4. The summed E-state index contributed by atoms with van der Waals surface area (Å²) in [4.78, 5) is 41.0. The normalized spacial score (nSPS) is 14.8. The van der Waals surface area contributed by atoms with Gasteiger partial charge >= 0.3 is 5.97 Å². The second kappa shape index (κ2) is 8.14. The van der Waals surface area contributed by atoms with Crippen molar-refractivity contribution in [2.24, 2.45) is 5.92 Å². The molecule has 1 amide bonds. The average Bonchev–Trinajstić information content (AvgIpc) is 3.15. The Bertz CT molecular complexity index is 1110. The molecule has 1 aromatic heterocycles. The van der Waals surface area contributed by atoms with Crippen molar-refractivity contribution in [2.45, 2.75) is 26.2 Å². The molecular weight excluding hydrogens is 380 g/mol. The summed E-state index contributed by atoms with van der Waals surface area (Å²) in [5, 5.41) is 9.51. The number of nitrogens with zero attached hydrogens (tertiary/aromatic N) is 1. The second-order valence-electron chi connectivity index (χ2n) is 7.97. The van der Waals surface area contributed by atoms with Crippen LogP contribution in [-0.4, -0.2) is 45.7 Å². The zero-order valence-electron chi connectivity index (χ0n) is 16.9. The minimum atomic E-state index is -1.51. The molecule has 30 heavy (non-hydrogen) atoms. The molecule has 0 saturated carbocycles. The summed E-state index contributed by atoms with van der Waals surface area (Å²) in [5.74, 6) is -2.00. The topological polar surface area (TPSA) is 90.5 Å². The number of carboxylic acids is 1. The fourth-order valence-corrected chi connectivity index (χ4v) is 4.27. The number of carbonyl (C=O) groups is 3. The Labute approximate surface area is 174 Å². The van der Waals surface area contributed by atoms with Crippen LogP contribution >= 0.6 is 0 Å². The summed E-state index contributed by atoms with van der Waals surface area (Å²) in [7, 11) is 0. The minimum Gasteiger partial charge on any atom is -0.475 e. The number of benzene rings is 2. The monoisotopic (exact) mass is 404 g/mol. The average molecular weight is 404 g/mol. The Morgan fingerprint density at radius 2 is 1.77 bits per heavy atom. The van der Waals surface area contributed by atoms with Crippen molar-refractivity contribution in [3.63, 3.8) is 0 Å². The molecule has 3 aromatic rings. The van der Waals surface area contributed by atoms with Gasteiger partial charge < -0.3 is 15.0 Å². The molecule has 1 fully saturated rings. The van der Waals surface area contributed by atoms with Crippen LogP contribution in [0.2, 0.25) is 0 Å². The molecule has 0 spiro atoms. The van der Waals surface area contributed by atoms with Crippen molar-refractivity contribution < 1.29 is 19.5 Å². The maximum atomic E-state index is 13.2. The quantitative estimate of drug-likeness (QED) is 0.499. The number of rotatable bonds is 5. The highest BCUT2D eigenvalue weighted by molar-refractivity contribution is 6.42. The first kappa shape index (κ1) is 19.9. The number of piperidine rings is 1. The standard InChI is InChI=1S/C24H24N2O4/c1-15-11-21-19(20(14-25-21)22(27)24(29)30)13-18(15)23(28)26-9-7-17(8-10-26)12-16-5-3-2-4-6-16/h2-6,11,13-14,17,25H,7-10,12H2,1H3,(H,29,30). The van der Waals surface area contributed by atoms with Crippen LogP contribution in [0.1, 0.15) is 44.7 Å². The maximum Gasteiger partial charge on any atom is 0.377 e. The Balaban J connectivity index is 1.51. The molecule has 2 heterocycles. The van der Waals surface area contributed by atoms with Crippen LogP contribution < -0.4 is 0 Å². The van der Waals surface area contributed by atoms with Crippen molar-refractivity contribution in [1.29, 1.82) is 0 Å². The number of aromatic nitrogens is 1. The van der Waals surface area contributed by atoms with Crippen LogP contribution in [0.25, 0.3) is 10.9 Å². The van der Waals surface area contributed by atoms with Gasteiger partial charge in [0.15, 0.2) is 0 Å². The number of aryl methyl sites for hydroxylation is 1. The number of carboxylic acid groups (broad SMARTS) is 1. The van der Waals surface area contributed by atoms with Crippen molar-refractivity contribution in [1.82, 2.24) is 9.88 Å². The van der Waals surface area contributed by atoms with Gasteiger partial charge in [0.25, 0.3) is 11.7 Å². The van der Waals surface area contributed by atoms with Gasteiger partial charge in [0, 0.05) is 35.8 Å². The highest BCUT2D eigenvalue weighted by Gasteiger charge is 2.26. The van der Waals surface area contributed by atoms with E-state index in [2.05, 4.69) is 29.2 Å². The van der Waals surface area contributed by atoms with E-state index in [0.717, 1.165) is 24.8 Å². The third-order valence-electron chi connectivity index (χ3n) is 5.96. The van der Waals surface area contributed by atoms with Gasteiger partial charge in [0.05, 0.1) is 5.56 Å². The zero-order valence-corrected chi connectivity index (χ0v) is 16.9. The van der Waals surface area contributed by atoms with Crippen LogP contribution in [-0.2, 0) is 11.2 Å². The molecular formula is C24H24N2O4. The minimum absolute atomic E-state index is 0.0671. The smallest absolute Gasteiger partial charge is 0.377 e. The fraction of sp³-hybridized carbons (Fsp3) is 0.292. The van der Waals surface area contributed by atoms with Crippen molar-refractivity contribution in [3.8, 4) is 0 Å². The van der Waals surface area contributed by atoms with E-state index in [1.54, 1.807) is 12.1 Å². The number of likely N-dealkylation sites (tertiary alicyclic amines) is 1. The molecule has 0 bridgehead atoms. The number of aromatic amines is 1. The highest BCUT2D eigenvalue weighted by atomic mass is 16.4. The van der Waals surface area contributed by atoms with Crippen LogP contribution in [0.3, 0.4) is 0 Å². The second-order valence-corrected chi connectivity index (χ2v) is 7.97. The van der Waals surface area contributed by atoms with Gasteiger partial charge in [-0.3, -0.25) is 9.59 Å². The van der Waals surface area contributed by atoms with E-state index in [-0.39, 0.29) is 11.5 Å². The first-order valence-corrected chi connectivity index (χ1v) is 10.2. The number of aliphatic carboxylic acids is 1. The fourth-order valence-electron chi connectivity index (χ4n) is 4.27. The number of ketones is 1. The van der Waals surface area contributed by atoms with E-state index >= 15 is 0 Å². The number of carbonyl (C=O) groups excluding carboxylic acids is 2. The summed E-state index contributed by atoms with van der Waals surface area (Å²) in [6.07, 6.45) is 4.32. The van der Waals surface area contributed by atoms with Gasteiger partial charge in [-0.1, -0.05) is 30.3 Å². The van der Waals surface area contributed by atoms with Gasteiger partial charge in [-0.05, 0) is 55.4 Å². The molecule has 0 aliphatic carbocycles. The number of amides is 1. The molecule has 1 aliphatic heterocycles. The Morgan fingerprint density at radius 3 is 2.43 bits per heavy atom. The van der Waals surface area contributed by atoms with E-state index < -0.39 is 11.8 Å². The van der Waals surface area contributed by atoms with E-state index in [0.29, 0.717) is 35.5 Å². The van der Waals surface area contributed by atoms with Crippen molar-refractivity contribution in [2.75, 3.05) is 13.1 Å². The molecule has 0 unspecified atom stereocenters. The summed E-state index contributed by atoms with van der Waals surface area (Å²) in [6.45, 7) is 3.25. The number of hydrogen-bond donors (Lipinski definition) is 2. The summed E-state index contributed by atoms with van der Waals surface area (Å²) in [5.41, 5.74) is 3.37. The van der Waals surface area contributed by atoms with Gasteiger partial charge in [0.2, 0.25) is 0 Å². The van der Waals surface area contributed by atoms with E-state index in [1.165, 1.54) is 11.8 Å². The summed E-state index contributed by atoms with van der Waals surface area (Å²) in [6, 6.07) is 13.9. The van der Waals surface area contributed by atoms with Gasteiger partial charge in [-0.15, -0.1) is 0 Å². The Morgan fingerprint density at radius 1 is 1.07 bits per heavy atom. The molecule has 6 heteroatoms. The predicted molar refractivity (Wildman–Crippen MR) is 114 cm³/mol. The molecule has 2 aromatic carbocycles. The molecule has 0 radical (unpaired) electrons. The van der Waals surface area contributed by atoms with Crippen LogP contribution in [0.4, 0.5) is 0 Å². The molecule has 0 atom stereocenters. The largest absolute Gasteiger partial charge is 0.475 e. The lowest BCUT2D eigenvalue weighted by Crippen LogP contribution is -2.39. The summed E-state index contributed by atoms with van der Waals surface area (Å²) >= 11 is 0. The van der Waals surface area contributed by atoms with Crippen molar-refractivity contribution in [3.05, 3.63) is 70.9 Å². The molecule has 1 aliphatic rings. The first-order valence-electron chi connectivity index (χ1n) is 10.2. The van der Waals surface area contributed by atoms with Gasteiger partial charge in [-0.25, -0.2) is 4.79 Å². The molecule has 2 N–H and O–H groups in total. The SMILES string of the molecule is Cc1cc2[nH]cc(C(=O)C(=O)O)c2cc1C(=O)N1CCC(Cc2ccccc2)CC1. The Kier molecular flexibility index (Phi) is 5.40. The molecule has 154 valence electrons. The van der Waals surface area contributed by atoms with Crippen LogP contribution in [0, 0.1) is 12.8 Å². The highest BCUT2D eigenvalue weighted by Crippen LogP contribution is 2.27. The lowest BCUT2D eigenvalue weighted by molar-refractivity contribution is -0.131. The third kappa shape index (κ3) is 3.85. The van der Waals surface area contributed by atoms with Gasteiger partial charge in [-0.2, -0.15) is 0 Å². The summed E-state index contributed by atoms with van der Waals surface area (Å²) < 4.78 is 0. The lowest BCUT2D eigenvalue weighted by atomic mass is 9.89. The predicted octanol–water partition coefficient (Wildman–Crippen LogP) is 3.84. The zero-order chi connectivity index (χ0) is 21.3. The number of hydrogen-bond acceptors (Lipinski definition) is 3. The van der Waals surface area contributed by atoms with E-state index in [9.17, 15) is 14.4 Å². The van der Waals surface area contributed by atoms with Crippen molar-refractivity contribution >= 4 is 28.6 Å². The number of H-pyrrole nitrogens is 1. The molecule has 6 nitrogen and oxygen atoms in total. The number of nitrogens with one attached hydrogen (secondary N) is 1. The van der Waals surface area contributed by atoms with Crippen LogP contribution in [0.15, 0.2) is 48.7 Å². The number of fused-ring (bicyclic) bond motifs is 1. The molecule has 4 rings (SSSR count). The lowest BCUT2D eigenvalue weighted by Gasteiger charge is -2.32. The number of Topliss-reactive ketones (excluding diaryl/α,β-unsaturated/α-hetero) is 1. The van der Waals surface area contributed by atoms with Gasteiger partial charge in [0.1, 0.15) is 0 Å². The van der Waals surface area contributed by atoms with Crippen LogP contribution in [0.5, 0.6) is 0 Å². The third-order valence-corrected chi connectivity index (χ3v) is 5.96. The van der Waals surface area contributed by atoms with E-state index in [4.69, 9.17) is 5.11 Å². The molecule has 1 saturated heterocycles.